The minimum absolute atomic E-state index is 0.0219. The number of fused-ring (bicyclic) bond motifs is 1. The second kappa shape index (κ2) is 10.5. The number of rotatable bonds is 7. The highest BCUT2D eigenvalue weighted by atomic mass is 32.2. The van der Waals surface area contributed by atoms with Crippen LogP contribution in [0.15, 0.2) is 53.0 Å². The third-order valence-corrected chi connectivity index (χ3v) is 7.97. The predicted octanol–water partition coefficient (Wildman–Crippen LogP) is 2.45. The molecule has 1 aromatic heterocycles. The number of benzene rings is 1. The molecule has 0 bridgehead atoms. The molecule has 0 saturated carbocycles. The second-order valence-corrected chi connectivity index (χ2v) is 10.2. The van der Waals surface area contributed by atoms with E-state index < -0.39 is 34.5 Å². The highest BCUT2D eigenvalue weighted by Crippen LogP contribution is 2.51. The second-order valence-electron chi connectivity index (χ2n) is 7.99. The number of β-lactam (4-membered cyclic amide) rings is 1. The highest BCUT2D eigenvalue weighted by molar-refractivity contribution is 8.00. The van der Waals surface area contributed by atoms with E-state index in [1.54, 1.807) is 0 Å². The van der Waals surface area contributed by atoms with Crippen LogP contribution >= 0.6 is 23.1 Å². The van der Waals surface area contributed by atoms with Gasteiger partial charge in [0.25, 0.3) is 5.91 Å². The topological polar surface area (TPSA) is 131 Å². The van der Waals surface area contributed by atoms with Crippen LogP contribution in [0.2, 0.25) is 0 Å². The van der Waals surface area contributed by atoms with Gasteiger partial charge in [0.15, 0.2) is 0 Å². The maximum Gasteiger partial charge on any atom is 0.337 e. The van der Waals surface area contributed by atoms with Gasteiger partial charge in [-0.25, -0.2) is 4.79 Å². The van der Waals surface area contributed by atoms with E-state index in [1.807, 2.05) is 17.5 Å². The summed E-state index contributed by atoms with van der Waals surface area (Å²) in [6.07, 6.45) is 0. The number of carbonyl (C=O) groups is 5. The standard InChI is InChI=1S/C24H23N3O7S2/c1-12(28)25-21-16(11-34-13(2)29)19(20(30)26-15-8-6-14(7-9-15)24(32)33-3)27-22(31)18(23(27)36-21)17-5-4-10-35-17/h4-10,18,21,23H,11H2,1-3H3,(H,25,28)(H,26,30)/t18-,21?,23-/m1/s1. The molecule has 12 heteroatoms. The number of anilines is 1. The maximum atomic E-state index is 13.5. The van der Waals surface area contributed by atoms with Gasteiger partial charge in [0.2, 0.25) is 11.8 Å². The quantitative estimate of drug-likeness (QED) is 0.413. The van der Waals surface area contributed by atoms with Gasteiger partial charge in [-0.05, 0) is 35.7 Å². The molecular formula is C24H23N3O7S2. The molecule has 2 aliphatic heterocycles. The van der Waals surface area contributed by atoms with Gasteiger partial charge in [0.05, 0.1) is 12.7 Å². The van der Waals surface area contributed by atoms with Crippen LogP contribution in [0, 0.1) is 0 Å². The molecule has 2 aromatic rings. The van der Waals surface area contributed by atoms with Crippen molar-refractivity contribution in [3.05, 3.63) is 63.5 Å². The fraction of sp³-hybridized carbons (Fsp3) is 0.292. The lowest BCUT2D eigenvalue weighted by atomic mass is 9.93. The van der Waals surface area contributed by atoms with Gasteiger partial charge in [-0.3, -0.25) is 24.1 Å². The van der Waals surface area contributed by atoms with E-state index in [4.69, 9.17) is 4.74 Å². The molecule has 1 unspecified atom stereocenters. The van der Waals surface area contributed by atoms with E-state index in [2.05, 4.69) is 15.4 Å². The summed E-state index contributed by atoms with van der Waals surface area (Å²) in [4.78, 5) is 64.3. The normalized spacial score (nSPS) is 20.7. The van der Waals surface area contributed by atoms with Crippen LogP contribution in [0.1, 0.15) is 35.0 Å². The van der Waals surface area contributed by atoms with Gasteiger partial charge in [-0.2, -0.15) is 0 Å². The van der Waals surface area contributed by atoms with E-state index in [-0.39, 0.29) is 24.1 Å². The molecule has 1 saturated heterocycles. The first-order valence-electron chi connectivity index (χ1n) is 10.9. The third kappa shape index (κ3) is 5.00. The number of thioether (sulfide) groups is 1. The van der Waals surface area contributed by atoms with Crippen molar-refractivity contribution in [1.29, 1.82) is 0 Å². The fourth-order valence-electron chi connectivity index (χ4n) is 3.95. The van der Waals surface area contributed by atoms with Crippen molar-refractivity contribution < 1.29 is 33.4 Å². The monoisotopic (exact) mass is 529 g/mol. The van der Waals surface area contributed by atoms with Gasteiger partial charge in [-0.1, -0.05) is 6.07 Å². The SMILES string of the molecule is COC(=O)c1ccc(NC(=O)C2=C(COC(C)=O)C(NC(C)=O)S[C@@H]3[C@H](c4cccs4)C(=O)N23)cc1. The van der Waals surface area contributed by atoms with Crippen molar-refractivity contribution in [2.45, 2.75) is 30.5 Å². The van der Waals surface area contributed by atoms with Crippen LogP contribution in [0.25, 0.3) is 0 Å². The molecule has 4 rings (SSSR count). The molecule has 36 heavy (non-hydrogen) atoms. The highest BCUT2D eigenvalue weighted by Gasteiger charge is 2.56. The van der Waals surface area contributed by atoms with Crippen LogP contribution in [-0.4, -0.2) is 59.0 Å². The summed E-state index contributed by atoms with van der Waals surface area (Å²) in [5.41, 5.74) is 0.999. The number of nitrogens with zero attached hydrogens (tertiary/aromatic N) is 1. The first kappa shape index (κ1) is 25.5. The largest absolute Gasteiger partial charge is 0.465 e. The number of ether oxygens (including phenoxy) is 2. The van der Waals surface area contributed by atoms with Crippen molar-refractivity contribution in [2.75, 3.05) is 19.0 Å². The number of carbonyl (C=O) groups excluding carboxylic acids is 5. The van der Waals surface area contributed by atoms with Crippen molar-refractivity contribution >= 4 is 58.4 Å². The average Bonchev–Trinajstić information content (AvgIpc) is 3.36. The first-order valence-corrected chi connectivity index (χ1v) is 12.7. The number of thiophene rings is 1. The number of hydrogen-bond acceptors (Lipinski definition) is 9. The van der Waals surface area contributed by atoms with Crippen LogP contribution in [0.3, 0.4) is 0 Å². The Morgan fingerprint density at radius 3 is 2.39 bits per heavy atom. The molecule has 1 fully saturated rings. The molecule has 2 aliphatic rings. The van der Waals surface area contributed by atoms with Crippen LogP contribution in [0.5, 0.6) is 0 Å². The number of esters is 2. The minimum atomic E-state index is -0.693. The Balaban J connectivity index is 1.71. The third-order valence-electron chi connectivity index (χ3n) is 5.57. The maximum absolute atomic E-state index is 13.5. The molecule has 0 aliphatic carbocycles. The lowest BCUT2D eigenvalue weighted by Crippen LogP contribution is -2.62. The van der Waals surface area contributed by atoms with Crippen molar-refractivity contribution in [2.24, 2.45) is 0 Å². The smallest absolute Gasteiger partial charge is 0.337 e. The zero-order valence-corrected chi connectivity index (χ0v) is 21.2. The molecule has 0 radical (unpaired) electrons. The van der Waals surface area contributed by atoms with E-state index in [0.29, 0.717) is 16.8 Å². The Labute approximate surface area is 215 Å². The van der Waals surface area contributed by atoms with Crippen LogP contribution in [-0.2, 0) is 28.7 Å². The first-order chi connectivity index (χ1) is 17.2. The summed E-state index contributed by atoms with van der Waals surface area (Å²) in [6, 6.07) is 9.77. The van der Waals surface area contributed by atoms with E-state index in [1.165, 1.54) is 73.2 Å². The van der Waals surface area contributed by atoms with Gasteiger partial charge in [-0.15, -0.1) is 23.1 Å². The molecule has 3 heterocycles. The van der Waals surface area contributed by atoms with Crippen molar-refractivity contribution in [3.8, 4) is 0 Å². The summed E-state index contributed by atoms with van der Waals surface area (Å²) in [5.74, 6) is -2.76. The van der Waals surface area contributed by atoms with Gasteiger partial charge in [0.1, 0.15) is 29.0 Å². The zero-order valence-electron chi connectivity index (χ0n) is 19.6. The molecule has 2 N–H and O–H groups in total. The minimum Gasteiger partial charge on any atom is -0.465 e. The Hall–Kier alpha value is -3.64. The number of hydrogen-bond donors (Lipinski definition) is 2. The Morgan fingerprint density at radius 2 is 1.81 bits per heavy atom. The predicted molar refractivity (Wildman–Crippen MR) is 133 cm³/mol. The molecular weight excluding hydrogens is 506 g/mol. The summed E-state index contributed by atoms with van der Waals surface area (Å²) in [7, 11) is 1.27. The van der Waals surface area contributed by atoms with E-state index in [0.717, 1.165) is 4.88 Å². The van der Waals surface area contributed by atoms with Gasteiger partial charge < -0.3 is 20.1 Å². The van der Waals surface area contributed by atoms with Gasteiger partial charge in [0, 0.05) is 30.0 Å². The zero-order chi connectivity index (χ0) is 26.0. The molecule has 188 valence electrons. The molecule has 10 nitrogen and oxygen atoms in total. The number of methoxy groups -OCH3 is 1. The van der Waals surface area contributed by atoms with Crippen LogP contribution in [0.4, 0.5) is 5.69 Å². The molecule has 1 aromatic carbocycles. The van der Waals surface area contributed by atoms with Crippen LogP contribution < -0.4 is 10.6 Å². The lowest BCUT2D eigenvalue weighted by Gasteiger charge is -2.51. The van der Waals surface area contributed by atoms with E-state index in [9.17, 15) is 24.0 Å². The molecule has 0 spiro atoms. The fourth-order valence-corrected chi connectivity index (χ4v) is 6.50. The average molecular weight is 530 g/mol. The summed E-state index contributed by atoms with van der Waals surface area (Å²) in [5, 5.41) is 6.29. The summed E-state index contributed by atoms with van der Waals surface area (Å²) < 4.78 is 9.88. The Kier molecular flexibility index (Phi) is 7.45. The van der Waals surface area contributed by atoms with Crippen molar-refractivity contribution in [1.82, 2.24) is 10.2 Å². The summed E-state index contributed by atoms with van der Waals surface area (Å²) in [6.45, 7) is 2.30. The molecule has 3 amide bonds. The number of amides is 3. The van der Waals surface area contributed by atoms with Gasteiger partial charge >= 0.3 is 11.9 Å². The Bertz CT molecular complexity index is 1240. The Morgan fingerprint density at radius 1 is 1.08 bits per heavy atom. The molecule has 3 atom stereocenters. The van der Waals surface area contributed by atoms with E-state index >= 15 is 0 Å². The summed E-state index contributed by atoms with van der Waals surface area (Å²) >= 11 is 2.76. The van der Waals surface area contributed by atoms with Crippen molar-refractivity contribution in [3.63, 3.8) is 0 Å². The number of nitrogens with one attached hydrogen (secondary N) is 2. The lowest BCUT2D eigenvalue weighted by molar-refractivity contribution is -0.144.